The van der Waals surface area contributed by atoms with E-state index in [1.54, 1.807) is 29.8 Å². The Kier molecular flexibility index (Phi) is 3.92. The summed E-state index contributed by atoms with van der Waals surface area (Å²) >= 11 is 1.53. The van der Waals surface area contributed by atoms with Gasteiger partial charge < -0.3 is 5.32 Å². The Bertz CT molecular complexity index is 771. The molecule has 1 aromatic heterocycles. The van der Waals surface area contributed by atoms with Crippen LogP contribution >= 0.6 is 11.3 Å². The van der Waals surface area contributed by atoms with Gasteiger partial charge in [0.05, 0.1) is 11.2 Å². The maximum atomic E-state index is 13.7. The molecule has 0 bridgehead atoms. The Balaban J connectivity index is 1.77. The van der Waals surface area contributed by atoms with Crippen LogP contribution in [0.2, 0.25) is 0 Å². The first-order valence-corrected chi connectivity index (χ1v) is 7.52. The van der Waals surface area contributed by atoms with Crippen LogP contribution in [0, 0.1) is 5.82 Å². The molecule has 2 aromatic carbocycles. The third-order valence-corrected chi connectivity index (χ3v) is 3.90. The molecule has 0 radical (unpaired) electrons. The summed E-state index contributed by atoms with van der Waals surface area (Å²) in [7, 11) is 0. The smallest absolute Gasteiger partial charge is 0.251 e. The lowest BCUT2D eigenvalue weighted by Crippen LogP contribution is -2.26. The molecule has 1 N–H and O–H groups in total. The van der Waals surface area contributed by atoms with Crippen LogP contribution in [0.25, 0.3) is 10.8 Å². The highest BCUT2D eigenvalue weighted by molar-refractivity contribution is 7.07. The summed E-state index contributed by atoms with van der Waals surface area (Å²) in [5, 5.41) is 5.90. The van der Waals surface area contributed by atoms with Crippen molar-refractivity contribution in [3.05, 3.63) is 64.4 Å². The number of aromatic nitrogens is 1. The Hall–Kier alpha value is -2.27. The Labute approximate surface area is 125 Å². The fourth-order valence-corrected chi connectivity index (χ4v) is 2.81. The zero-order valence-electron chi connectivity index (χ0n) is 11.2. The van der Waals surface area contributed by atoms with Crippen molar-refractivity contribution in [2.45, 2.75) is 6.42 Å². The number of carbonyl (C=O) groups excluding carboxylic acids is 1. The van der Waals surface area contributed by atoms with Gasteiger partial charge in [0.15, 0.2) is 0 Å². The molecule has 0 fully saturated rings. The van der Waals surface area contributed by atoms with Gasteiger partial charge in [0.2, 0.25) is 0 Å². The van der Waals surface area contributed by atoms with Crippen molar-refractivity contribution in [1.29, 1.82) is 0 Å². The highest BCUT2D eigenvalue weighted by Gasteiger charge is 2.11. The minimum atomic E-state index is -0.315. The molecule has 0 saturated heterocycles. The van der Waals surface area contributed by atoms with E-state index in [4.69, 9.17) is 0 Å². The lowest BCUT2D eigenvalue weighted by Gasteiger charge is -2.08. The van der Waals surface area contributed by atoms with Crippen molar-refractivity contribution in [3.8, 4) is 0 Å². The topological polar surface area (TPSA) is 42.0 Å². The van der Waals surface area contributed by atoms with Crippen molar-refractivity contribution in [2.75, 3.05) is 6.54 Å². The summed E-state index contributed by atoms with van der Waals surface area (Å²) in [4.78, 5) is 16.4. The molecule has 21 heavy (non-hydrogen) atoms. The highest BCUT2D eigenvalue weighted by Crippen LogP contribution is 2.21. The summed E-state index contributed by atoms with van der Waals surface area (Å²) in [5.74, 6) is -0.508. The zero-order chi connectivity index (χ0) is 14.7. The van der Waals surface area contributed by atoms with E-state index in [9.17, 15) is 9.18 Å². The van der Waals surface area contributed by atoms with Crippen LogP contribution < -0.4 is 5.32 Å². The van der Waals surface area contributed by atoms with E-state index >= 15 is 0 Å². The van der Waals surface area contributed by atoms with Crippen LogP contribution in [0.15, 0.2) is 47.3 Å². The molecule has 3 rings (SSSR count). The van der Waals surface area contributed by atoms with Gasteiger partial charge >= 0.3 is 0 Å². The molecule has 1 heterocycles. The van der Waals surface area contributed by atoms with Crippen molar-refractivity contribution in [3.63, 3.8) is 0 Å². The molecule has 0 unspecified atom stereocenters. The van der Waals surface area contributed by atoms with Gasteiger partial charge in [-0.2, -0.15) is 0 Å². The first kappa shape index (κ1) is 13.7. The second kappa shape index (κ2) is 6.01. The second-order valence-electron chi connectivity index (χ2n) is 4.63. The predicted molar refractivity (Wildman–Crippen MR) is 82.1 cm³/mol. The maximum absolute atomic E-state index is 13.7. The van der Waals surface area contributed by atoms with Crippen LogP contribution in [-0.2, 0) is 6.42 Å². The number of rotatable bonds is 4. The van der Waals surface area contributed by atoms with Crippen molar-refractivity contribution >= 4 is 28.0 Å². The molecule has 1 amide bonds. The van der Waals surface area contributed by atoms with Gasteiger partial charge in [-0.05, 0) is 17.5 Å². The first-order chi connectivity index (χ1) is 10.3. The van der Waals surface area contributed by atoms with E-state index < -0.39 is 0 Å². The van der Waals surface area contributed by atoms with Crippen molar-refractivity contribution in [2.24, 2.45) is 0 Å². The number of fused-ring (bicyclic) bond motifs is 1. The Morgan fingerprint density at radius 3 is 2.76 bits per heavy atom. The van der Waals surface area contributed by atoms with E-state index in [-0.39, 0.29) is 11.7 Å². The fraction of sp³-hybridized carbons (Fsp3) is 0.125. The average Bonchev–Trinajstić information content (AvgIpc) is 3.01. The number of benzene rings is 2. The van der Waals surface area contributed by atoms with Crippen molar-refractivity contribution < 1.29 is 9.18 Å². The van der Waals surface area contributed by atoms with E-state index in [2.05, 4.69) is 10.3 Å². The number of nitrogens with one attached hydrogen (secondary N) is 1. The van der Waals surface area contributed by atoms with Crippen LogP contribution in [0.1, 0.15) is 16.1 Å². The lowest BCUT2D eigenvalue weighted by molar-refractivity contribution is 0.0955. The third-order valence-electron chi connectivity index (χ3n) is 3.27. The van der Waals surface area contributed by atoms with Crippen LogP contribution in [0.3, 0.4) is 0 Å². The van der Waals surface area contributed by atoms with Gasteiger partial charge in [-0.1, -0.05) is 24.3 Å². The lowest BCUT2D eigenvalue weighted by atomic mass is 10.0. The molecular weight excluding hydrogens is 287 g/mol. The number of nitrogens with zero attached hydrogens (tertiary/aromatic N) is 1. The van der Waals surface area contributed by atoms with Gasteiger partial charge in [-0.15, -0.1) is 11.3 Å². The highest BCUT2D eigenvalue weighted by atomic mass is 32.1. The molecule has 5 heteroatoms. The van der Waals surface area contributed by atoms with Gasteiger partial charge in [0.25, 0.3) is 5.91 Å². The molecule has 3 nitrogen and oxygen atoms in total. The molecule has 0 atom stereocenters. The number of hydrogen-bond donors (Lipinski definition) is 1. The van der Waals surface area contributed by atoms with E-state index in [0.717, 1.165) is 5.69 Å². The minimum Gasteiger partial charge on any atom is -0.352 e. The Morgan fingerprint density at radius 1 is 1.19 bits per heavy atom. The summed E-state index contributed by atoms with van der Waals surface area (Å²) < 4.78 is 13.7. The quantitative estimate of drug-likeness (QED) is 0.802. The summed E-state index contributed by atoms with van der Waals surface area (Å²) in [6.07, 6.45) is 0.689. The predicted octanol–water partition coefficient (Wildman–Crippen LogP) is 3.41. The van der Waals surface area contributed by atoms with Gasteiger partial charge in [-0.3, -0.25) is 4.79 Å². The summed E-state index contributed by atoms with van der Waals surface area (Å²) in [5.41, 5.74) is 3.22. The maximum Gasteiger partial charge on any atom is 0.251 e. The van der Waals surface area contributed by atoms with Crippen molar-refractivity contribution in [1.82, 2.24) is 10.3 Å². The van der Waals surface area contributed by atoms with E-state index in [1.807, 2.05) is 5.38 Å². The first-order valence-electron chi connectivity index (χ1n) is 6.58. The minimum absolute atomic E-state index is 0.193. The second-order valence-corrected chi connectivity index (χ2v) is 5.34. The third kappa shape index (κ3) is 2.92. The molecule has 3 aromatic rings. The number of halogens is 1. The molecule has 0 spiro atoms. The van der Waals surface area contributed by atoms with E-state index in [1.165, 1.54) is 23.5 Å². The van der Waals surface area contributed by atoms with Gasteiger partial charge in [-0.25, -0.2) is 9.37 Å². The van der Waals surface area contributed by atoms with Crippen LogP contribution in [-0.4, -0.2) is 17.4 Å². The summed E-state index contributed by atoms with van der Waals surface area (Å²) in [6, 6.07) is 9.85. The Morgan fingerprint density at radius 2 is 2.00 bits per heavy atom. The fourth-order valence-electron chi connectivity index (χ4n) is 2.22. The van der Waals surface area contributed by atoms with Crippen LogP contribution in [0.4, 0.5) is 4.39 Å². The number of amides is 1. The normalized spacial score (nSPS) is 10.7. The number of hydrogen-bond acceptors (Lipinski definition) is 3. The van der Waals surface area contributed by atoms with E-state index in [0.29, 0.717) is 29.3 Å². The largest absolute Gasteiger partial charge is 0.352 e. The molecular formula is C16H13FN2OS. The summed E-state index contributed by atoms with van der Waals surface area (Å²) in [6.45, 7) is 0.508. The molecule has 0 saturated carbocycles. The number of thiazole rings is 1. The SMILES string of the molecule is O=C(NCCc1cscn1)c1ccc(F)c2ccccc12. The monoisotopic (exact) mass is 300 g/mol. The molecule has 0 aliphatic rings. The van der Waals surface area contributed by atoms with Crippen LogP contribution in [0.5, 0.6) is 0 Å². The average molecular weight is 300 g/mol. The van der Waals surface area contributed by atoms with Gasteiger partial charge in [0, 0.05) is 29.3 Å². The molecule has 106 valence electrons. The standard InChI is InChI=1S/C16H13FN2OS/c17-15-6-5-14(12-3-1-2-4-13(12)15)16(20)18-8-7-11-9-21-10-19-11/h1-6,9-10H,7-8H2,(H,18,20). The molecule has 0 aliphatic carbocycles. The number of carbonyl (C=O) groups is 1. The molecule has 0 aliphatic heterocycles. The van der Waals surface area contributed by atoms with Gasteiger partial charge in [0.1, 0.15) is 5.82 Å². The zero-order valence-corrected chi connectivity index (χ0v) is 12.0.